The van der Waals surface area contributed by atoms with Crippen LogP contribution in [-0.4, -0.2) is 15.5 Å². The molecule has 6 heteroatoms. The number of nitrogens with zero attached hydrogens (tertiary/aromatic N) is 2. The maximum atomic E-state index is 12.8. The van der Waals surface area contributed by atoms with Crippen molar-refractivity contribution in [3.05, 3.63) is 41.2 Å². The van der Waals surface area contributed by atoms with Crippen molar-refractivity contribution in [1.82, 2.24) is 9.59 Å². The third-order valence-corrected chi connectivity index (χ3v) is 2.18. The number of amides is 1. The van der Waals surface area contributed by atoms with Crippen molar-refractivity contribution in [3.8, 4) is 0 Å². The lowest BCUT2D eigenvalue weighted by Gasteiger charge is -2.01. The minimum Gasteiger partial charge on any atom is -0.320 e. The van der Waals surface area contributed by atoms with E-state index >= 15 is 0 Å². The molecular formula is C9H6FN3OS. The molecule has 4 nitrogen and oxygen atoms in total. The minimum absolute atomic E-state index is 0.226. The number of halogens is 1. The summed E-state index contributed by atoms with van der Waals surface area (Å²) in [6.07, 6.45) is 0. The number of nitrogens with one attached hydrogen (secondary N) is 1. The van der Waals surface area contributed by atoms with Gasteiger partial charge in [-0.3, -0.25) is 4.79 Å². The van der Waals surface area contributed by atoms with Crippen LogP contribution in [0, 0.1) is 5.82 Å². The van der Waals surface area contributed by atoms with E-state index in [1.165, 1.54) is 23.6 Å². The van der Waals surface area contributed by atoms with Crippen molar-refractivity contribution in [2.24, 2.45) is 0 Å². The number of hydrogen-bond donors (Lipinski definition) is 1. The maximum absolute atomic E-state index is 12.8. The van der Waals surface area contributed by atoms with E-state index in [0.717, 1.165) is 11.5 Å². The molecule has 1 N–H and O–H groups in total. The Morgan fingerprint density at radius 2 is 2.33 bits per heavy atom. The van der Waals surface area contributed by atoms with E-state index in [0.29, 0.717) is 5.69 Å². The van der Waals surface area contributed by atoms with Gasteiger partial charge in [0.25, 0.3) is 5.91 Å². The zero-order valence-corrected chi connectivity index (χ0v) is 8.29. The average molecular weight is 223 g/mol. The highest BCUT2D eigenvalue weighted by Gasteiger charge is 2.08. The number of carbonyl (C=O) groups is 1. The normalized spacial score (nSPS) is 9.93. The second kappa shape index (κ2) is 4.14. The largest absolute Gasteiger partial charge is 0.320 e. The molecule has 15 heavy (non-hydrogen) atoms. The van der Waals surface area contributed by atoms with Crippen LogP contribution in [-0.2, 0) is 0 Å². The first kappa shape index (κ1) is 9.72. The molecule has 0 saturated carbocycles. The fourth-order valence-electron chi connectivity index (χ4n) is 1.02. The Balaban J connectivity index is 2.13. The third-order valence-electron chi connectivity index (χ3n) is 1.68. The molecule has 0 bridgehead atoms. The van der Waals surface area contributed by atoms with Crippen LogP contribution in [0.3, 0.4) is 0 Å². The Morgan fingerprint density at radius 3 is 3.00 bits per heavy atom. The van der Waals surface area contributed by atoms with Crippen LogP contribution < -0.4 is 5.32 Å². The predicted octanol–water partition coefficient (Wildman–Crippen LogP) is 1.93. The Morgan fingerprint density at radius 1 is 1.47 bits per heavy atom. The monoisotopic (exact) mass is 223 g/mol. The van der Waals surface area contributed by atoms with Gasteiger partial charge in [0.1, 0.15) is 5.82 Å². The van der Waals surface area contributed by atoms with Gasteiger partial charge in [-0.2, -0.15) is 0 Å². The smallest absolute Gasteiger partial charge is 0.277 e. The van der Waals surface area contributed by atoms with Gasteiger partial charge in [-0.05, 0) is 29.7 Å². The average Bonchev–Trinajstić information content (AvgIpc) is 2.70. The summed E-state index contributed by atoms with van der Waals surface area (Å²) in [7, 11) is 0. The molecule has 0 aliphatic rings. The first-order valence-electron chi connectivity index (χ1n) is 4.10. The molecule has 0 spiro atoms. The summed E-state index contributed by atoms with van der Waals surface area (Å²) in [5.74, 6) is -0.793. The van der Waals surface area contributed by atoms with Gasteiger partial charge in [0.15, 0.2) is 5.69 Å². The highest BCUT2D eigenvalue weighted by Crippen LogP contribution is 2.10. The van der Waals surface area contributed by atoms with E-state index < -0.39 is 11.7 Å². The van der Waals surface area contributed by atoms with Gasteiger partial charge in [0.05, 0.1) is 0 Å². The van der Waals surface area contributed by atoms with E-state index in [1.54, 1.807) is 6.07 Å². The van der Waals surface area contributed by atoms with Crippen LogP contribution >= 0.6 is 11.5 Å². The first-order valence-corrected chi connectivity index (χ1v) is 4.93. The lowest BCUT2D eigenvalue weighted by atomic mass is 10.3. The number of rotatable bonds is 2. The van der Waals surface area contributed by atoms with Crippen molar-refractivity contribution in [1.29, 1.82) is 0 Å². The number of hydrogen-bond acceptors (Lipinski definition) is 4. The zero-order valence-electron chi connectivity index (χ0n) is 7.48. The summed E-state index contributed by atoms with van der Waals surface area (Å²) >= 11 is 1.09. The van der Waals surface area contributed by atoms with Gasteiger partial charge >= 0.3 is 0 Å². The predicted molar refractivity (Wildman–Crippen MR) is 54.3 cm³/mol. The Bertz CT molecular complexity index is 472. The molecule has 1 aromatic heterocycles. The summed E-state index contributed by atoms with van der Waals surface area (Å²) < 4.78 is 16.3. The second-order valence-electron chi connectivity index (χ2n) is 2.75. The fourth-order valence-corrected chi connectivity index (χ4v) is 1.46. The minimum atomic E-state index is -0.399. The molecule has 0 aliphatic heterocycles. The second-order valence-corrected chi connectivity index (χ2v) is 3.36. The summed E-state index contributed by atoms with van der Waals surface area (Å²) in [5, 5.41) is 7.63. The Labute approximate surface area is 88.9 Å². The Hall–Kier alpha value is -1.82. The summed E-state index contributed by atoms with van der Waals surface area (Å²) in [6.45, 7) is 0. The molecule has 2 aromatic rings. The summed E-state index contributed by atoms with van der Waals surface area (Å²) in [6, 6.07) is 5.66. The van der Waals surface area contributed by atoms with Gasteiger partial charge in [-0.1, -0.05) is 10.6 Å². The van der Waals surface area contributed by atoms with E-state index in [9.17, 15) is 9.18 Å². The quantitative estimate of drug-likeness (QED) is 0.846. The van der Waals surface area contributed by atoms with Crippen molar-refractivity contribution < 1.29 is 9.18 Å². The zero-order chi connectivity index (χ0) is 10.7. The Kier molecular flexibility index (Phi) is 2.68. The third kappa shape index (κ3) is 2.35. The highest BCUT2D eigenvalue weighted by atomic mass is 32.1. The van der Waals surface area contributed by atoms with Crippen LogP contribution in [0.4, 0.5) is 10.1 Å². The number of carbonyl (C=O) groups excluding carboxylic acids is 1. The molecule has 0 saturated heterocycles. The summed E-state index contributed by atoms with van der Waals surface area (Å²) in [5.41, 5.74) is 0.622. The van der Waals surface area contributed by atoms with E-state index in [1.807, 2.05) is 0 Å². The van der Waals surface area contributed by atoms with Gasteiger partial charge in [0, 0.05) is 11.1 Å². The number of anilines is 1. The van der Waals surface area contributed by atoms with Crippen LogP contribution in [0.1, 0.15) is 10.5 Å². The SMILES string of the molecule is O=C(Nc1cccc(F)c1)c1csnn1. The van der Waals surface area contributed by atoms with Crippen molar-refractivity contribution >= 4 is 23.1 Å². The molecular weight excluding hydrogens is 217 g/mol. The molecule has 76 valence electrons. The molecule has 1 heterocycles. The van der Waals surface area contributed by atoms with E-state index in [2.05, 4.69) is 14.9 Å². The first-order chi connectivity index (χ1) is 7.25. The van der Waals surface area contributed by atoms with Gasteiger partial charge in [-0.15, -0.1) is 5.10 Å². The summed E-state index contributed by atoms with van der Waals surface area (Å²) in [4.78, 5) is 11.5. The van der Waals surface area contributed by atoms with E-state index in [-0.39, 0.29) is 5.69 Å². The molecule has 0 aliphatic carbocycles. The molecule has 0 radical (unpaired) electrons. The fraction of sp³-hybridized carbons (Fsp3) is 0. The van der Waals surface area contributed by atoms with Crippen LogP contribution in [0.15, 0.2) is 29.6 Å². The number of aromatic nitrogens is 2. The standard InChI is InChI=1S/C9H6FN3OS/c10-6-2-1-3-7(4-6)11-9(14)8-5-15-13-12-8/h1-5H,(H,11,14). The van der Waals surface area contributed by atoms with E-state index in [4.69, 9.17) is 0 Å². The van der Waals surface area contributed by atoms with Crippen LogP contribution in [0.25, 0.3) is 0 Å². The lowest BCUT2D eigenvalue weighted by Crippen LogP contribution is -2.12. The van der Waals surface area contributed by atoms with Crippen molar-refractivity contribution in [2.45, 2.75) is 0 Å². The van der Waals surface area contributed by atoms with Crippen molar-refractivity contribution in [2.75, 3.05) is 5.32 Å². The van der Waals surface area contributed by atoms with Crippen LogP contribution in [0.5, 0.6) is 0 Å². The molecule has 0 fully saturated rings. The van der Waals surface area contributed by atoms with Gasteiger partial charge in [-0.25, -0.2) is 4.39 Å². The van der Waals surface area contributed by atoms with Crippen molar-refractivity contribution in [3.63, 3.8) is 0 Å². The molecule has 2 rings (SSSR count). The lowest BCUT2D eigenvalue weighted by molar-refractivity contribution is 0.102. The van der Waals surface area contributed by atoms with Gasteiger partial charge < -0.3 is 5.32 Å². The number of benzene rings is 1. The topological polar surface area (TPSA) is 54.9 Å². The molecule has 0 atom stereocenters. The molecule has 0 unspecified atom stereocenters. The maximum Gasteiger partial charge on any atom is 0.277 e. The molecule has 1 aromatic carbocycles. The highest BCUT2D eigenvalue weighted by molar-refractivity contribution is 7.03. The molecule has 1 amide bonds. The van der Waals surface area contributed by atoms with Gasteiger partial charge in [0.2, 0.25) is 0 Å². The van der Waals surface area contributed by atoms with Crippen LogP contribution in [0.2, 0.25) is 0 Å².